The summed E-state index contributed by atoms with van der Waals surface area (Å²) in [6.07, 6.45) is 16.5. The first-order valence-corrected chi connectivity index (χ1v) is 39.5. The van der Waals surface area contributed by atoms with Crippen LogP contribution in [0.15, 0.2) is 151 Å². The van der Waals surface area contributed by atoms with E-state index in [-0.39, 0.29) is 68.5 Å². The lowest BCUT2D eigenvalue weighted by Gasteiger charge is -2.32. The topological polar surface area (TPSA) is 183 Å². The smallest absolute Gasteiger partial charge is 0.400 e. The highest BCUT2D eigenvalue weighted by molar-refractivity contribution is 14.1. The molecule has 0 aliphatic carbocycles. The van der Waals surface area contributed by atoms with Gasteiger partial charge >= 0.3 is 7.12 Å². The van der Waals surface area contributed by atoms with Crippen LogP contribution in [0.25, 0.3) is 50.6 Å². The molecule has 0 radical (unpaired) electrons. The van der Waals surface area contributed by atoms with Crippen LogP contribution in [0, 0.1) is 3.57 Å². The first-order valence-electron chi connectivity index (χ1n) is 31.0. The molecule has 0 amide bonds. The van der Waals surface area contributed by atoms with Crippen LogP contribution < -0.4 is 20.9 Å². The third-order valence-electron chi connectivity index (χ3n) is 17.2. The zero-order valence-corrected chi connectivity index (χ0v) is 60.6. The third kappa shape index (κ3) is 14.7. The standard InChI is InChI=1S/C30H35N7O2Si.C28H32IN7O2Si.C8H15BO2.2H2S/c1-5-22-19-34(21-39-17-18-40(2,3)4)28-26(22)29(32-20-31-28)35-15-9-13-24(35)27-33-36-16-10-14-25(36)30(38)37(27)23-11-7-6-8-12-23;1-39(2,3)16-15-38-19-33-17-21(29)24-26(33)30-18-31-27(24)34-13-7-11-22(34)25-32-35-14-8-12-23(35)28(37)36(25)20-9-5-4-6-10-20;1-6-9-10-7(2,3)8(4,5)11-9;;/h5-8,10-12,14,16,19-20,24H,1,9,13,15,17-18,21H2,2-4H3;4-6,8-10,12,14,17-18,22H,7,11,13,15-16,19H2,1-3H3;6H,1H2,2-5H3;2*1H2/t24-;22-;;;/m00.../s1. The maximum Gasteiger partial charge on any atom is 0.486 e. The van der Waals surface area contributed by atoms with E-state index in [0.29, 0.717) is 36.1 Å². The van der Waals surface area contributed by atoms with Crippen molar-refractivity contribution in [1.82, 2.24) is 57.4 Å². The van der Waals surface area contributed by atoms with E-state index in [4.69, 9.17) is 38.9 Å². The molecule has 3 saturated heterocycles. The largest absolute Gasteiger partial charge is 0.486 e. The second-order valence-electron chi connectivity index (χ2n) is 26.6. The zero-order chi connectivity index (χ0) is 63.7. The van der Waals surface area contributed by atoms with Gasteiger partial charge in [-0.05, 0) is 137 Å². The summed E-state index contributed by atoms with van der Waals surface area (Å²) >= 11 is 2.37. The maximum atomic E-state index is 13.7. The summed E-state index contributed by atoms with van der Waals surface area (Å²) in [5.74, 6) is 4.77. The van der Waals surface area contributed by atoms with Crippen molar-refractivity contribution in [1.29, 1.82) is 0 Å². The lowest BCUT2D eigenvalue weighted by molar-refractivity contribution is 0.00578. The van der Waals surface area contributed by atoms with Gasteiger partial charge in [-0.25, -0.2) is 29.0 Å². The number of para-hydroxylation sites is 2. The molecule has 20 nitrogen and oxygen atoms in total. The average molecular weight is 1430 g/mol. The van der Waals surface area contributed by atoms with Gasteiger partial charge in [0.1, 0.15) is 60.1 Å². The molecule has 0 unspecified atom stereocenters. The number of hydrogen-bond acceptors (Lipinski definition) is 14. The van der Waals surface area contributed by atoms with Crippen LogP contribution in [0.2, 0.25) is 51.4 Å². The molecule has 26 heteroatoms. The molecule has 10 aromatic rings. The number of halogens is 1. The highest BCUT2D eigenvalue weighted by Crippen LogP contribution is 2.42. The number of anilines is 2. The van der Waals surface area contributed by atoms with Gasteiger partial charge in [-0.3, -0.25) is 18.7 Å². The van der Waals surface area contributed by atoms with Gasteiger partial charge in [0, 0.05) is 76.4 Å². The predicted molar refractivity (Wildman–Crippen MR) is 393 cm³/mol. The Morgan fingerprint density at radius 2 is 1.05 bits per heavy atom. The van der Waals surface area contributed by atoms with E-state index in [0.717, 1.165) is 118 Å². The van der Waals surface area contributed by atoms with Gasteiger partial charge in [0.05, 0.1) is 45.4 Å². The van der Waals surface area contributed by atoms with Gasteiger partial charge in [-0.1, -0.05) is 94.3 Å². The van der Waals surface area contributed by atoms with Crippen LogP contribution in [0.5, 0.6) is 0 Å². The second kappa shape index (κ2) is 28.9. The fourth-order valence-electron chi connectivity index (χ4n) is 11.7. The molecule has 3 aliphatic heterocycles. The van der Waals surface area contributed by atoms with Crippen molar-refractivity contribution in [2.45, 2.75) is 141 Å². The van der Waals surface area contributed by atoms with Crippen LogP contribution in [0.4, 0.5) is 11.6 Å². The molecule has 0 bridgehead atoms. The number of aromatic nitrogens is 12. The molecule has 486 valence electrons. The summed E-state index contributed by atoms with van der Waals surface area (Å²) in [5, 5.41) is 11.9. The molecule has 92 heavy (non-hydrogen) atoms. The van der Waals surface area contributed by atoms with Crippen molar-refractivity contribution in [3.05, 3.63) is 183 Å². The van der Waals surface area contributed by atoms with Crippen molar-refractivity contribution in [2.24, 2.45) is 0 Å². The van der Waals surface area contributed by atoms with Crippen molar-refractivity contribution in [3.8, 4) is 11.4 Å². The Balaban J connectivity index is 0.000000183. The molecule has 2 aromatic carbocycles. The molecule has 8 aromatic heterocycles. The summed E-state index contributed by atoms with van der Waals surface area (Å²) in [6.45, 7) is 33.9. The summed E-state index contributed by atoms with van der Waals surface area (Å²) in [6, 6.07) is 28.8. The highest BCUT2D eigenvalue weighted by Gasteiger charge is 2.50. The number of ether oxygens (including phenoxy) is 2. The highest BCUT2D eigenvalue weighted by atomic mass is 127. The zero-order valence-electron chi connectivity index (χ0n) is 54.4. The van der Waals surface area contributed by atoms with Crippen LogP contribution >= 0.6 is 49.6 Å². The molecule has 0 saturated carbocycles. The third-order valence-corrected chi connectivity index (χ3v) is 21.5. The van der Waals surface area contributed by atoms with E-state index >= 15 is 0 Å². The maximum absolute atomic E-state index is 13.7. The Morgan fingerprint density at radius 1 is 0.620 bits per heavy atom. The van der Waals surface area contributed by atoms with E-state index in [9.17, 15) is 9.59 Å². The van der Waals surface area contributed by atoms with Gasteiger partial charge < -0.3 is 37.7 Å². The number of benzene rings is 2. The van der Waals surface area contributed by atoms with Crippen LogP contribution in [0.1, 0.15) is 82.7 Å². The van der Waals surface area contributed by atoms with Crippen molar-refractivity contribution in [2.75, 3.05) is 36.1 Å². The second-order valence-corrected chi connectivity index (χ2v) is 39.0. The van der Waals surface area contributed by atoms with Crippen LogP contribution in [-0.4, -0.2) is 118 Å². The minimum absolute atomic E-state index is 0. The monoisotopic (exact) mass is 1430 g/mol. The molecule has 13 rings (SSSR count). The van der Waals surface area contributed by atoms with Gasteiger partial charge in [0.2, 0.25) is 0 Å². The fraction of sp³-hybridized carbons (Fsp3) is 0.394. The number of fused-ring (bicyclic) bond motifs is 4. The molecule has 0 spiro atoms. The van der Waals surface area contributed by atoms with Gasteiger partial charge in [0.25, 0.3) is 11.1 Å². The Morgan fingerprint density at radius 3 is 1.48 bits per heavy atom. The summed E-state index contributed by atoms with van der Waals surface area (Å²) in [5.41, 5.74) is 4.71. The first-order chi connectivity index (χ1) is 43.1. The molecular formula is C66H86BIN14O6S2Si2. The quantitative estimate of drug-likeness (QED) is 0.0449. The molecule has 3 aliphatic rings. The molecule has 3 fully saturated rings. The van der Waals surface area contributed by atoms with E-state index in [2.05, 4.69) is 106 Å². The van der Waals surface area contributed by atoms with E-state index in [1.807, 2.05) is 142 Å². The number of rotatable bonds is 18. The van der Waals surface area contributed by atoms with Gasteiger partial charge in [0.15, 0.2) is 11.6 Å². The Kier molecular flexibility index (Phi) is 21.9. The van der Waals surface area contributed by atoms with Crippen molar-refractivity contribution in [3.63, 3.8) is 0 Å². The predicted octanol–water partition coefficient (Wildman–Crippen LogP) is 13.0. The van der Waals surface area contributed by atoms with Gasteiger partial charge in [-0.15, -0.1) is 6.58 Å². The molecule has 0 N–H and O–H groups in total. The SMILES string of the molecule is C=CB1OC(C)(C)C(C)(C)O1.C=Cc1cn(COCC[Si](C)(C)C)c2ncnc(N3CCC[C@H]3c3nn4cccc4c(=O)n3-c3ccccc3)c12.C[Si](C)(C)CCOCn1cc(I)c2c(N3CCC[C@H]3c3nn4cccc4c(=O)n3-c3ccccc3)ncnc21.S.S. The lowest BCUT2D eigenvalue weighted by Crippen LogP contribution is -2.41. The molecule has 11 heterocycles. The lowest BCUT2D eigenvalue weighted by atomic mass is 9.90. The van der Waals surface area contributed by atoms with E-state index < -0.39 is 16.1 Å². The minimum Gasteiger partial charge on any atom is -0.400 e. The average Bonchev–Trinajstić information content (AvgIpc) is 1.65. The van der Waals surface area contributed by atoms with Crippen molar-refractivity contribution >= 4 is 124 Å². The fourth-order valence-corrected chi connectivity index (χ4v) is 14.1. The van der Waals surface area contributed by atoms with E-state index in [1.54, 1.807) is 36.8 Å². The minimum atomic E-state index is -1.18. The summed E-state index contributed by atoms with van der Waals surface area (Å²) in [4.78, 5) is 50.9. The van der Waals surface area contributed by atoms with Crippen molar-refractivity contribution < 1.29 is 18.8 Å². The Hall–Kier alpha value is -6.63. The Bertz CT molecular complexity index is 4320. The first kappa shape index (κ1) is 69.7. The van der Waals surface area contributed by atoms with Gasteiger partial charge in [-0.2, -0.15) is 37.2 Å². The summed E-state index contributed by atoms with van der Waals surface area (Å²) < 4.78 is 35.4. The Labute approximate surface area is 567 Å². The molecular weight excluding hydrogens is 1340 g/mol. The van der Waals surface area contributed by atoms with E-state index in [1.165, 1.54) is 0 Å². The van der Waals surface area contributed by atoms with Crippen LogP contribution in [0.3, 0.4) is 0 Å². The number of hydrogen-bond donors (Lipinski definition) is 0. The number of nitrogens with zero attached hydrogens (tertiary/aromatic N) is 14. The van der Waals surface area contributed by atoms with Crippen LogP contribution in [-0.2, 0) is 32.2 Å². The molecule has 2 atom stereocenters. The normalized spacial score (nSPS) is 17.0. The summed E-state index contributed by atoms with van der Waals surface area (Å²) in [7, 11) is -2.58.